The predicted octanol–water partition coefficient (Wildman–Crippen LogP) is 0.791. The molecule has 2 atom stereocenters. The van der Waals surface area contributed by atoms with E-state index in [0.717, 1.165) is 0 Å². The zero-order valence-electron chi connectivity index (χ0n) is 8.27. The van der Waals surface area contributed by atoms with Gasteiger partial charge in [0.2, 0.25) is 0 Å². The van der Waals surface area contributed by atoms with Crippen molar-refractivity contribution < 1.29 is 9.68 Å². The highest BCUT2D eigenvalue weighted by Gasteiger charge is 2.16. The summed E-state index contributed by atoms with van der Waals surface area (Å²) in [5.41, 5.74) is 7.94. The fourth-order valence-electron chi connectivity index (χ4n) is 0.936. The van der Waals surface area contributed by atoms with Crippen molar-refractivity contribution in [2.45, 2.75) is 25.4 Å². The summed E-state index contributed by atoms with van der Waals surface area (Å²) < 4.78 is 5.32. The number of hydrogen-bond acceptors (Lipinski definition) is 6. The lowest BCUT2D eigenvalue weighted by molar-refractivity contribution is 0.0750. The maximum absolute atomic E-state index is 5.32. The minimum atomic E-state index is 0.374. The molecule has 1 unspecified atom stereocenters. The molecule has 2 aliphatic heterocycles. The Balaban J connectivity index is 0.000000140. The highest BCUT2D eigenvalue weighted by Crippen LogP contribution is 2.23. The lowest BCUT2D eigenvalue weighted by Gasteiger charge is -1.99. The van der Waals surface area contributed by atoms with Crippen molar-refractivity contribution in [1.82, 2.24) is 5.48 Å². The van der Waals surface area contributed by atoms with E-state index in [4.69, 9.17) is 10.5 Å². The van der Waals surface area contributed by atoms with E-state index >= 15 is 0 Å². The Morgan fingerprint density at radius 3 is 2.64 bits per heavy atom. The maximum Gasteiger partial charge on any atom is 0.167 e. The number of hydrogen-bond donors (Lipinski definition) is 2. The fraction of sp³-hybridized carbons (Fsp3) is 0.625. The van der Waals surface area contributed by atoms with Gasteiger partial charge in [0.05, 0.1) is 6.10 Å². The molecule has 2 heterocycles. The predicted molar refractivity (Wildman–Crippen MR) is 57.5 cm³/mol. The first-order chi connectivity index (χ1) is 6.68. The number of rotatable bonds is 0. The smallest absolute Gasteiger partial charge is 0.167 e. The van der Waals surface area contributed by atoms with Crippen LogP contribution in [0.2, 0.25) is 0 Å². The summed E-state index contributed by atoms with van der Waals surface area (Å²) in [6.07, 6.45) is 3.64. The molecule has 6 heteroatoms. The number of thioether (sulfide) groups is 1. The molecule has 0 radical (unpaired) electrons. The second-order valence-corrected chi connectivity index (χ2v) is 4.24. The molecule has 0 amide bonds. The highest BCUT2D eigenvalue weighted by molar-refractivity contribution is 7.99. The van der Waals surface area contributed by atoms with E-state index in [-0.39, 0.29) is 0 Å². The van der Waals surface area contributed by atoms with Gasteiger partial charge in [-0.1, -0.05) is 0 Å². The summed E-state index contributed by atoms with van der Waals surface area (Å²) >= 11 is 1.88. The first kappa shape index (κ1) is 11.2. The largest absolute Gasteiger partial charge is 0.381 e. The number of ether oxygens (including phenoxy) is 1. The van der Waals surface area contributed by atoms with E-state index < -0.39 is 0 Å². The molecule has 0 aromatic carbocycles. The standard InChI is InChI=1S/C5H10OS.C3H5N3O/c1-4-3-7-5(2)6-4;4-3-1-2-5-7-6-3/h4-5H,3H2,1-2H3;1-2,5H,(H2,4,6)/t4-,5?;/m0./s1. The Bertz CT molecular complexity index is 225. The van der Waals surface area contributed by atoms with Gasteiger partial charge in [-0.25, -0.2) is 5.48 Å². The van der Waals surface area contributed by atoms with E-state index in [1.165, 1.54) is 5.75 Å². The van der Waals surface area contributed by atoms with Crippen molar-refractivity contribution in [1.29, 1.82) is 0 Å². The molecule has 2 aliphatic rings. The quantitative estimate of drug-likeness (QED) is 0.628. The second-order valence-electron chi connectivity index (χ2n) is 2.91. The SMILES string of the molecule is CC1O[C@@H](C)CS1.NC1=NONC=C1. The number of oxime groups is 1. The molecule has 0 aromatic heterocycles. The summed E-state index contributed by atoms with van der Waals surface area (Å²) in [7, 11) is 0. The van der Waals surface area contributed by atoms with Gasteiger partial charge in [0, 0.05) is 18.0 Å². The Morgan fingerprint density at radius 2 is 2.43 bits per heavy atom. The number of amidine groups is 1. The number of hydroxylamine groups is 1. The Labute approximate surface area is 87.6 Å². The summed E-state index contributed by atoms with van der Waals surface area (Å²) in [5.74, 6) is 1.54. The van der Waals surface area contributed by atoms with E-state index in [1.807, 2.05) is 11.8 Å². The molecule has 0 aromatic rings. The Morgan fingerprint density at radius 1 is 1.64 bits per heavy atom. The van der Waals surface area contributed by atoms with Gasteiger partial charge in [-0.05, 0) is 19.0 Å². The molecule has 14 heavy (non-hydrogen) atoms. The van der Waals surface area contributed by atoms with Gasteiger partial charge >= 0.3 is 0 Å². The topological polar surface area (TPSA) is 68.9 Å². The Hall–Kier alpha value is -0.880. The molecule has 1 saturated heterocycles. The third-order valence-corrected chi connectivity index (χ3v) is 2.76. The third kappa shape index (κ3) is 4.38. The van der Waals surface area contributed by atoms with Crippen LogP contribution in [0, 0.1) is 0 Å². The lowest BCUT2D eigenvalue weighted by Crippen LogP contribution is -2.17. The van der Waals surface area contributed by atoms with Gasteiger partial charge in [-0.3, -0.25) is 4.94 Å². The minimum absolute atomic E-state index is 0.374. The van der Waals surface area contributed by atoms with Crippen molar-refractivity contribution in [3.8, 4) is 0 Å². The van der Waals surface area contributed by atoms with Crippen molar-refractivity contribution in [2.75, 3.05) is 5.75 Å². The average molecular weight is 217 g/mol. The normalized spacial score (nSPS) is 29.4. The van der Waals surface area contributed by atoms with Crippen LogP contribution in [0.3, 0.4) is 0 Å². The summed E-state index contributed by atoms with van der Waals surface area (Å²) in [6, 6.07) is 0. The summed E-state index contributed by atoms with van der Waals surface area (Å²) in [5, 5.41) is 3.33. The monoisotopic (exact) mass is 217 g/mol. The molecule has 2 rings (SSSR count). The molecule has 0 aliphatic carbocycles. The van der Waals surface area contributed by atoms with Crippen molar-refractivity contribution in [3.05, 3.63) is 12.3 Å². The van der Waals surface area contributed by atoms with E-state index in [2.05, 4.69) is 29.4 Å². The van der Waals surface area contributed by atoms with Crippen LogP contribution in [0.1, 0.15) is 13.8 Å². The van der Waals surface area contributed by atoms with E-state index in [9.17, 15) is 0 Å². The van der Waals surface area contributed by atoms with Crippen LogP contribution in [-0.2, 0) is 9.68 Å². The fourth-order valence-corrected chi connectivity index (χ4v) is 1.82. The van der Waals surface area contributed by atoms with Crippen LogP contribution in [0.4, 0.5) is 0 Å². The first-order valence-electron chi connectivity index (χ1n) is 4.37. The van der Waals surface area contributed by atoms with Gasteiger partial charge in [0.25, 0.3) is 0 Å². The van der Waals surface area contributed by atoms with Crippen LogP contribution in [0.15, 0.2) is 17.4 Å². The van der Waals surface area contributed by atoms with Crippen LogP contribution < -0.4 is 11.2 Å². The zero-order chi connectivity index (χ0) is 10.4. The number of nitrogens with two attached hydrogens (primary N) is 1. The van der Waals surface area contributed by atoms with Gasteiger partial charge in [-0.2, -0.15) is 0 Å². The maximum atomic E-state index is 5.32. The average Bonchev–Trinajstić information content (AvgIpc) is 2.52. The van der Waals surface area contributed by atoms with E-state index in [0.29, 0.717) is 17.4 Å². The van der Waals surface area contributed by atoms with E-state index in [1.54, 1.807) is 12.3 Å². The molecule has 5 nitrogen and oxygen atoms in total. The second kappa shape index (κ2) is 5.77. The molecular weight excluding hydrogens is 202 g/mol. The first-order valence-corrected chi connectivity index (χ1v) is 5.42. The van der Waals surface area contributed by atoms with Crippen LogP contribution in [0.25, 0.3) is 0 Å². The number of nitrogens with one attached hydrogen (secondary N) is 1. The highest BCUT2D eigenvalue weighted by atomic mass is 32.2. The van der Waals surface area contributed by atoms with Crippen molar-refractivity contribution in [2.24, 2.45) is 10.9 Å². The van der Waals surface area contributed by atoms with Gasteiger partial charge < -0.3 is 10.5 Å². The summed E-state index contributed by atoms with van der Waals surface area (Å²) in [4.78, 5) is 4.31. The van der Waals surface area contributed by atoms with Gasteiger partial charge in [-0.15, -0.1) is 11.8 Å². The lowest BCUT2D eigenvalue weighted by atomic mass is 10.5. The molecule has 1 fully saturated rings. The minimum Gasteiger partial charge on any atom is -0.381 e. The zero-order valence-corrected chi connectivity index (χ0v) is 9.08. The Kier molecular flexibility index (Phi) is 4.61. The van der Waals surface area contributed by atoms with Crippen molar-refractivity contribution in [3.63, 3.8) is 0 Å². The number of nitrogens with zero attached hydrogens (tertiary/aromatic N) is 1. The molecule has 0 spiro atoms. The molecular formula is C8H15N3O2S. The molecule has 3 N–H and O–H groups in total. The van der Waals surface area contributed by atoms with Gasteiger partial charge in [0.15, 0.2) is 5.84 Å². The van der Waals surface area contributed by atoms with Crippen LogP contribution >= 0.6 is 11.8 Å². The molecule has 0 bridgehead atoms. The third-order valence-electron chi connectivity index (χ3n) is 1.52. The molecule has 0 saturated carbocycles. The van der Waals surface area contributed by atoms with Crippen LogP contribution in [-0.4, -0.2) is 23.1 Å². The van der Waals surface area contributed by atoms with Crippen molar-refractivity contribution >= 4 is 17.6 Å². The van der Waals surface area contributed by atoms with Crippen LogP contribution in [0.5, 0.6) is 0 Å². The molecule has 80 valence electrons. The van der Waals surface area contributed by atoms with Gasteiger partial charge in [0.1, 0.15) is 5.44 Å². The summed E-state index contributed by atoms with van der Waals surface area (Å²) in [6.45, 7) is 4.20.